The number of nitrogens with one attached hydrogen (secondary N) is 2. The standard InChI is InChI=1S/C25H25N3O4/c1-17-9-13-19(14-10-17)27-25(31)32-23(18-11-15-20(29)16-12-18)7-4-8-24(30)28-22-6-3-2-5-21(22)26/h2-6,8-16,23,29H,7,26H2,1H3,(H,27,31)(H,28,30)/b8-4+/t23-/m0/s1. The van der Waals surface area contributed by atoms with E-state index in [1.54, 1.807) is 54.6 Å². The number of amides is 2. The van der Waals surface area contributed by atoms with Gasteiger partial charge < -0.3 is 20.9 Å². The van der Waals surface area contributed by atoms with E-state index in [1.807, 2.05) is 19.1 Å². The van der Waals surface area contributed by atoms with Crippen molar-refractivity contribution in [2.45, 2.75) is 19.4 Å². The number of hydrogen-bond donors (Lipinski definition) is 4. The molecule has 2 amide bonds. The van der Waals surface area contributed by atoms with Crippen LogP contribution >= 0.6 is 0 Å². The molecule has 164 valence electrons. The quantitative estimate of drug-likeness (QED) is 0.305. The summed E-state index contributed by atoms with van der Waals surface area (Å²) in [6, 6.07) is 20.6. The van der Waals surface area contributed by atoms with Gasteiger partial charge in [-0.1, -0.05) is 48.0 Å². The molecule has 0 aliphatic carbocycles. The maximum atomic E-state index is 12.4. The Balaban J connectivity index is 1.65. The van der Waals surface area contributed by atoms with E-state index < -0.39 is 12.2 Å². The second-order valence-electron chi connectivity index (χ2n) is 7.19. The summed E-state index contributed by atoms with van der Waals surface area (Å²) < 4.78 is 5.60. The lowest BCUT2D eigenvalue weighted by Crippen LogP contribution is -2.17. The summed E-state index contributed by atoms with van der Waals surface area (Å²) in [5, 5.41) is 14.9. The van der Waals surface area contributed by atoms with Crippen molar-refractivity contribution < 1.29 is 19.4 Å². The molecule has 0 aliphatic rings. The average Bonchev–Trinajstić information content (AvgIpc) is 2.77. The van der Waals surface area contributed by atoms with Crippen molar-refractivity contribution in [3.8, 4) is 5.75 Å². The highest BCUT2D eigenvalue weighted by molar-refractivity contribution is 6.01. The number of phenols is 1. The van der Waals surface area contributed by atoms with E-state index in [2.05, 4.69) is 10.6 Å². The van der Waals surface area contributed by atoms with Gasteiger partial charge in [0.25, 0.3) is 0 Å². The minimum Gasteiger partial charge on any atom is -0.508 e. The first-order valence-electron chi connectivity index (χ1n) is 10.1. The van der Waals surface area contributed by atoms with Crippen LogP contribution in [-0.4, -0.2) is 17.1 Å². The van der Waals surface area contributed by atoms with E-state index in [1.165, 1.54) is 18.2 Å². The topological polar surface area (TPSA) is 114 Å². The maximum absolute atomic E-state index is 12.4. The Morgan fingerprint density at radius 2 is 1.69 bits per heavy atom. The van der Waals surface area contributed by atoms with E-state index in [4.69, 9.17) is 10.5 Å². The number of aromatic hydroxyl groups is 1. The van der Waals surface area contributed by atoms with Crippen LogP contribution in [0.5, 0.6) is 5.75 Å². The summed E-state index contributed by atoms with van der Waals surface area (Å²) in [4.78, 5) is 24.6. The minimum atomic E-state index is -0.660. The first kappa shape index (κ1) is 22.4. The summed E-state index contributed by atoms with van der Waals surface area (Å²) >= 11 is 0. The van der Waals surface area contributed by atoms with Gasteiger partial charge in [0.05, 0.1) is 11.4 Å². The molecule has 3 aromatic carbocycles. The molecule has 0 heterocycles. The van der Waals surface area contributed by atoms with Gasteiger partial charge in [-0.15, -0.1) is 0 Å². The summed E-state index contributed by atoms with van der Waals surface area (Å²) in [5.74, 6) is -0.247. The van der Waals surface area contributed by atoms with Gasteiger partial charge in [0, 0.05) is 12.1 Å². The van der Waals surface area contributed by atoms with Crippen molar-refractivity contribution in [1.82, 2.24) is 0 Å². The number of ether oxygens (including phenoxy) is 1. The number of para-hydroxylation sites is 2. The van der Waals surface area contributed by atoms with Crippen molar-refractivity contribution in [3.63, 3.8) is 0 Å². The van der Waals surface area contributed by atoms with Gasteiger partial charge in [-0.05, 0) is 55.0 Å². The van der Waals surface area contributed by atoms with Crippen molar-refractivity contribution >= 4 is 29.1 Å². The van der Waals surface area contributed by atoms with E-state index in [-0.39, 0.29) is 18.1 Å². The second kappa shape index (κ2) is 10.7. The molecule has 7 nitrogen and oxygen atoms in total. The van der Waals surface area contributed by atoms with Gasteiger partial charge >= 0.3 is 6.09 Å². The van der Waals surface area contributed by atoms with Crippen LogP contribution in [0.25, 0.3) is 0 Å². The number of phenolic OH excluding ortho intramolecular Hbond substituents is 1. The van der Waals surface area contributed by atoms with Crippen molar-refractivity contribution in [1.29, 1.82) is 0 Å². The number of aryl methyl sites for hydroxylation is 1. The number of rotatable bonds is 7. The fourth-order valence-electron chi connectivity index (χ4n) is 2.94. The largest absolute Gasteiger partial charge is 0.508 e. The zero-order valence-electron chi connectivity index (χ0n) is 17.6. The highest BCUT2D eigenvalue weighted by Crippen LogP contribution is 2.25. The molecule has 32 heavy (non-hydrogen) atoms. The van der Waals surface area contributed by atoms with Crippen LogP contribution in [0.1, 0.15) is 23.7 Å². The van der Waals surface area contributed by atoms with Crippen molar-refractivity contribution in [2.24, 2.45) is 0 Å². The lowest BCUT2D eigenvalue weighted by Gasteiger charge is -2.17. The molecule has 0 bridgehead atoms. The van der Waals surface area contributed by atoms with Gasteiger partial charge in [0.15, 0.2) is 0 Å². The van der Waals surface area contributed by atoms with Crippen LogP contribution in [-0.2, 0) is 9.53 Å². The smallest absolute Gasteiger partial charge is 0.412 e. The predicted octanol–water partition coefficient (Wildman–Crippen LogP) is 5.16. The molecule has 1 atom stereocenters. The van der Waals surface area contributed by atoms with Crippen LogP contribution in [0, 0.1) is 6.92 Å². The zero-order chi connectivity index (χ0) is 22.9. The average molecular weight is 431 g/mol. The Morgan fingerprint density at radius 3 is 2.38 bits per heavy atom. The third kappa shape index (κ3) is 6.63. The number of carbonyl (C=O) groups excluding carboxylic acids is 2. The Kier molecular flexibility index (Phi) is 7.48. The molecular weight excluding hydrogens is 406 g/mol. The van der Waals surface area contributed by atoms with Gasteiger partial charge in [-0.25, -0.2) is 4.79 Å². The fourth-order valence-corrected chi connectivity index (χ4v) is 2.94. The molecular formula is C25H25N3O4. The Hall–Kier alpha value is -4.26. The van der Waals surface area contributed by atoms with Gasteiger partial charge in [-0.2, -0.15) is 0 Å². The van der Waals surface area contributed by atoms with Crippen LogP contribution in [0.4, 0.5) is 21.9 Å². The van der Waals surface area contributed by atoms with Gasteiger partial charge in [0.1, 0.15) is 11.9 Å². The maximum Gasteiger partial charge on any atom is 0.412 e. The van der Waals surface area contributed by atoms with E-state index in [0.717, 1.165) is 5.56 Å². The zero-order valence-corrected chi connectivity index (χ0v) is 17.6. The molecule has 0 saturated carbocycles. The molecule has 7 heteroatoms. The number of nitrogen functional groups attached to an aromatic ring is 1. The monoisotopic (exact) mass is 431 g/mol. The number of hydrogen-bond acceptors (Lipinski definition) is 5. The molecule has 0 saturated heterocycles. The summed E-state index contributed by atoms with van der Waals surface area (Å²) in [5.41, 5.74) is 9.19. The van der Waals surface area contributed by atoms with Gasteiger partial charge in [-0.3, -0.25) is 10.1 Å². The highest BCUT2D eigenvalue weighted by atomic mass is 16.6. The Bertz CT molecular complexity index is 1090. The Labute approximate surface area is 186 Å². The lowest BCUT2D eigenvalue weighted by molar-refractivity contribution is -0.111. The summed E-state index contributed by atoms with van der Waals surface area (Å²) in [6.45, 7) is 1.96. The lowest BCUT2D eigenvalue weighted by atomic mass is 10.1. The fraction of sp³-hybridized carbons (Fsp3) is 0.120. The molecule has 3 aromatic rings. The van der Waals surface area contributed by atoms with Crippen molar-refractivity contribution in [2.75, 3.05) is 16.4 Å². The van der Waals surface area contributed by atoms with E-state index in [9.17, 15) is 14.7 Å². The Morgan fingerprint density at radius 1 is 1.00 bits per heavy atom. The molecule has 5 N–H and O–H groups in total. The molecule has 0 spiro atoms. The number of benzene rings is 3. The molecule has 0 radical (unpaired) electrons. The highest BCUT2D eigenvalue weighted by Gasteiger charge is 2.16. The molecule has 0 fully saturated rings. The number of carbonyl (C=O) groups is 2. The molecule has 3 rings (SSSR count). The van der Waals surface area contributed by atoms with Crippen LogP contribution in [0.3, 0.4) is 0 Å². The first-order chi connectivity index (χ1) is 15.4. The predicted molar refractivity (Wildman–Crippen MR) is 125 cm³/mol. The molecule has 0 unspecified atom stereocenters. The normalized spacial score (nSPS) is 11.7. The van der Waals surface area contributed by atoms with Crippen LogP contribution in [0.2, 0.25) is 0 Å². The summed E-state index contributed by atoms with van der Waals surface area (Å²) in [6.07, 6.45) is 1.95. The minimum absolute atomic E-state index is 0.104. The first-order valence-corrected chi connectivity index (χ1v) is 10.1. The number of nitrogens with two attached hydrogens (primary N) is 1. The molecule has 0 aliphatic heterocycles. The second-order valence-corrected chi connectivity index (χ2v) is 7.19. The van der Waals surface area contributed by atoms with Crippen molar-refractivity contribution in [3.05, 3.63) is 96.1 Å². The number of anilines is 3. The van der Waals surface area contributed by atoms with Crippen LogP contribution in [0.15, 0.2) is 84.9 Å². The van der Waals surface area contributed by atoms with E-state index in [0.29, 0.717) is 22.6 Å². The SMILES string of the molecule is Cc1ccc(NC(=O)O[C@@H](C/C=C/C(=O)Nc2ccccc2N)c2ccc(O)cc2)cc1. The van der Waals surface area contributed by atoms with Crippen LogP contribution < -0.4 is 16.4 Å². The third-order valence-electron chi connectivity index (χ3n) is 4.65. The summed E-state index contributed by atoms with van der Waals surface area (Å²) in [7, 11) is 0. The third-order valence-corrected chi connectivity index (χ3v) is 4.65. The molecule has 0 aromatic heterocycles. The van der Waals surface area contributed by atoms with E-state index >= 15 is 0 Å². The van der Waals surface area contributed by atoms with Gasteiger partial charge in [0.2, 0.25) is 5.91 Å².